The van der Waals surface area contributed by atoms with Crippen molar-refractivity contribution >= 4 is 27.5 Å². The van der Waals surface area contributed by atoms with E-state index in [9.17, 15) is 10.5 Å². The molecular weight excluding hydrogens is 416 g/mol. The smallest absolute Gasteiger partial charge is 0.151 e. The van der Waals surface area contributed by atoms with Crippen molar-refractivity contribution in [2.75, 3.05) is 6.54 Å². The Kier molecular flexibility index (Phi) is 4.30. The first-order chi connectivity index (χ1) is 13.7. The van der Waals surface area contributed by atoms with Crippen LogP contribution in [0.1, 0.15) is 41.9 Å². The minimum absolute atomic E-state index is 0.200. The van der Waals surface area contributed by atoms with Crippen molar-refractivity contribution in [1.82, 2.24) is 15.5 Å². The van der Waals surface area contributed by atoms with Crippen LogP contribution in [-0.2, 0) is 0 Å². The van der Waals surface area contributed by atoms with Gasteiger partial charge in [0.25, 0.3) is 0 Å². The number of hydrogen-bond donors (Lipinski definition) is 2. The Labute approximate surface area is 171 Å². The lowest BCUT2D eigenvalue weighted by Gasteiger charge is -2.45. The van der Waals surface area contributed by atoms with Crippen molar-refractivity contribution in [1.29, 1.82) is 10.5 Å². The summed E-state index contributed by atoms with van der Waals surface area (Å²) in [5, 5.41) is 30.5. The number of aromatic nitrogens is 2. The zero-order valence-corrected chi connectivity index (χ0v) is 16.8. The number of nitrogens with zero attached hydrogens (tertiary/aromatic N) is 4. The van der Waals surface area contributed by atoms with E-state index in [0.717, 1.165) is 46.5 Å². The minimum Gasteiger partial charge on any atom is -0.313 e. The summed E-state index contributed by atoms with van der Waals surface area (Å²) in [5.74, 6) is 1.10. The van der Waals surface area contributed by atoms with Gasteiger partial charge < -0.3 is 5.32 Å². The maximum Gasteiger partial charge on any atom is 0.151 e. The molecule has 4 heterocycles. The predicted molar refractivity (Wildman–Crippen MR) is 108 cm³/mol. The molecule has 2 aromatic rings. The minimum atomic E-state index is -0.374. The van der Waals surface area contributed by atoms with Crippen molar-refractivity contribution in [3.63, 3.8) is 0 Å². The molecule has 28 heavy (non-hydrogen) atoms. The molecule has 1 aromatic heterocycles. The van der Waals surface area contributed by atoms with Crippen molar-refractivity contribution in [3.8, 4) is 12.1 Å². The van der Waals surface area contributed by atoms with E-state index in [4.69, 9.17) is 4.99 Å². The number of hydrogen-bond acceptors (Lipinski definition) is 5. The molecule has 7 heteroatoms. The van der Waals surface area contributed by atoms with Gasteiger partial charge >= 0.3 is 0 Å². The first-order valence-corrected chi connectivity index (χ1v) is 10.4. The highest BCUT2D eigenvalue weighted by atomic mass is 79.9. The second kappa shape index (κ2) is 6.84. The quantitative estimate of drug-likeness (QED) is 0.750. The Morgan fingerprint density at radius 3 is 2.75 bits per heavy atom. The molecule has 1 saturated carbocycles. The Morgan fingerprint density at radius 1 is 1.18 bits per heavy atom. The van der Waals surface area contributed by atoms with Gasteiger partial charge in [0.2, 0.25) is 0 Å². The second-order valence-electron chi connectivity index (χ2n) is 7.92. The van der Waals surface area contributed by atoms with Crippen LogP contribution in [0.25, 0.3) is 0 Å². The number of rotatable bonds is 2. The fraction of sp³-hybridized carbons (Fsp3) is 0.429. The van der Waals surface area contributed by atoms with Crippen LogP contribution in [0.4, 0.5) is 5.82 Å². The molecule has 1 aliphatic carbocycles. The molecule has 140 valence electrons. The largest absolute Gasteiger partial charge is 0.313 e. The van der Waals surface area contributed by atoms with Crippen molar-refractivity contribution in [2.45, 2.75) is 31.2 Å². The molecule has 6 nitrogen and oxygen atoms in total. The number of fused-ring (bicyclic) bond motifs is 4. The standard InChI is InChI=1S/C21H19BrN6/c22-19-12(7-23)2-1-3-13(19)18-15(8-24)20(27-21-16(18)10-26-28-21)14-6-11-4-5-17(14)25-9-11/h1-3,10-11,14-15,17-18,25H,4-6,9H2,(H,26,28)/t11-,14+,15?,17+,18?/m1/s1. The average molecular weight is 435 g/mol. The lowest BCUT2D eigenvalue weighted by Crippen LogP contribution is -2.54. The summed E-state index contributed by atoms with van der Waals surface area (Å²) in [5.41, 5.74) is 3.39. The number of aromatic amines is 1. The van der Waals surface area contributed by atoms with E-state index in [0.29, 0.717) is 17.5 Å². The van der Waals surface area contributed by atoms with Crippen LogP contribution in [0.2, 0.25) is 0 Å². The van der Waals surface area contributed by atoms with Gasteiger partial charge in [0.15, 0.2) is 5.82 Å². The summed E-state index contributed by atoms with van der Waals surface area (Å²) in [6.07, 6.45) is 5.25. The summed E-state index contributed by atoms with van der Waals surface area (Å²) >= 11 is 3.61. The van der Waals surface area contributed by atoms with E-state index in [1.54, 1.807) is 12.3 Å². The van der Waals surface area contributed by atoms with Gasteiger partial charge in [-0.15, -0.1) is 0 Å². The molecule has 0 radical (unpaired) electrons. The van der Waals surface area contributed by atoms with Gasteiger partial charge in [-0.05, 0) is 59.3 Å². The number of benzene rings is 1. The van der Waals surface area contributed by atoms with Gasteiger partial charge in [-0.25, -0.2) is 4.99 Å². The van der Waals surface area contributed by atoms with Gasteiger partial charge in [0, 0.05) is 33.6 Å². The summed E-state index contributed by atoms with van der Waals surface area (Å²) in [6.45, 7) is 1.07. The SMILES string of the molecule is N#Cc1cccc(C2c3cn[nH]c3N=C([C@H]3C[C@H]4CC[C@@H]3NC4)C2C#N)c1Br. The Bertz CT molecular complexity index is 1030. The third kappa shape index (κ3) is 2.62. The number of H-pyrrole nitrogens is 1. The Morgan fingerprint density at radius 2 is 2.07 bits per heavy atom. The molecular formula is C21H19BrN6. The zero-order chi connectivity index (χ0) is 19.3. The molecule has 2 N–H and O–H groups in total. The number of nitrogens with one attached hydrogen (secondary N) is 2. The van der Waals surface area contributed by atoms with Crippen LogP contribution in [0.3, 0.4) is 0 Å². The molecule has 0 spiro atoms. The van der Waals surface area contributed by atoms with E-state index >= 15 is 0 Å². The lowest BCUT2D eigenvalue weighted by molar-refractivity contribution is 0.174. The van der Waals surface area contributed by atoms with E-state index < -0.39 is 0 Å². The third-order valence-electron chi connectivity index (χ3n) is 6.51. The molecule has 0 amide bonds. The average Bonchev–Trinajstić information content (AvgIpc) is 3.22. The van der Waals surface area contributed by atoms with E-state index in [-0.39, 0.29) is 17.8 Å². The first kappa shape index (κ1) is 17.6. The van der Waals surface area contributed by atoms with Crippen molar-refractivity contribution in [2.24, 2.45) is 22.7 Å². The normalized spacial score (nSPS) is 30.8. The van der Waals surface area contributed by atoms with Crippen LogP contribution < -0.4 is 5.32 Å². The van der Waals surface area contributed by atoms with E-state index in [1.807, 2.05) is 12.1 Å². The molecule has 2 saturated heterocycles. The summed E-state index contributed by atoms with van der Waals surface area (Å²) < 4.78 is 0.749. The highest BCUT2D eigenvalue weighted by Gasteiger charge is 2.45. The number of halogens is 1. The highest BCUT2D eigenvalue weighted by Crippen LogP contribution is 2.47. The van der Waals surface area contributed by atoms with Crippen molar-refractivity contribution < 1.29 is 0 Å². The monoisotopic (exact) mass is 434 g/mol. The summed E-state index contributed by atoms with van der Waals surface area (Å²) in [7, 11) is 0. The fourth-order valence-electron chi connectivity index (χ4n) is 5.16. The van der Waals surface area contributed by atoms with E-state index in [2.05, 4.69) is 43.6 Å². The molecule has 6 rings (SSSR count). The highest BCUT2D eigenvalue weighted by molar-refractivity contribution is 9.10. The second-order valence-corrected chi connectivity index (χ2v) is 8.71. The van der Waals surface area contributed by atoms with Crippen LogP contribution in [0.15, 0.2) is 33.9 Å². The number of aliphatic imine (C=N–C) groups is 1. The predicted octanol–water partition coefficient (Wildman–Crippen LogP) is 3.79. The Hall–Kier alpha value is -2.48. The van der Waals surface area contributed by atoms with Crippen LogP contribution in [-0.4, -0.2) is 28.5 Å². The molecule has 1 aromatic carbocycles. The maximum atomic E-state index is 10.2. The van der Waals surface area contributed by atoms with Crippen molar-refractivity contribution in [3.05, 3.63) is 45.6 Å². The number of nitriles is 2. The maximum absolute atomic E-state index is 10.2. The third-order valence-corrected chi connectivity index (χ3v) is 7.39. The topological polar surface area (TPSA) is 101 Å². The van der Waals surface area contributed by atoms with Crippen LogP contribution >= 0.6 is 15.9 Å². The molecule has 4 aliphatic rings. The summed E-state index contributed by atoms with van der Waals surface area (Å²) in [4.78, 5) is 4.90. The van der Waals surface area contributed by atoms with E-state index in [1.165, 1.54) is 6.42 Å². The van der Waals surface area contributed by atoms with Gasteiger partial charge in [0.05, 0.1) is 23.7 Å². The zero-order valence-electron chi connectivity index (χ0n) is 15.2. The van der Waals surface area contributed by atoms with Gasteiger partial charge in [-0.1, -0.05) is 12.1 Å². The van der Waals surface area contributed by atoms with Crippen LogP contribution in [0, 0.1) is 40.4 Å². The van der Waals surface area contributed by atoms with Gasteiger partial charge in [-0.3, -0.25) is 5.10 Å². The van der Waals surface area contributed by atoms with Gasteiger partial charge in [0.1, 0.15) is 6.07 Å². The lowest BCUT2D eigenvalue weighted by atomic mass is 9.66. The van der Waals surface area contributed by atoms with Crippen LogP contribution in [0.5, 0.6) is 0 Å². The fourth-order valence-corrected chi connectivity index (χ4v) is 5.76. The molecule has 2 bridgehead atoms. The first-order valence-electron chi connectivity index (χ1n) is 9.64. The molecule has 5 atom stereocenters. The molecule has 3 fully saturated rings. The van der Waals surface area contributed by atoms with Gasteiger partial charge in [-0.2, -0.15) is 15.6 Å². The Balaban J connectivity index is 1.64. The molecule has 2 unspecified atom stereocenters. The number of piperidine rings is 2. The molecule has 3 aliphatic heterocycles. The summed E-state index contributed by atoms with van der Waals surface area (Å²) in [6, 6.07) is 10.8.